The van der Waals surface area contributed by atoms with Crippen molar-refractivity contribution in [1.29, 1.82) is 0 Å². The number of nitrogens with one attached hydrogen (secondary N) is 1. The smallest absolute Gasteiger partial charge is 0.241 e. The van der Waals surface area contributed by atoms with Gasteiger partial charge in [-0.2, -0.15) is 0 Å². The molecule has 0 aliphatic rings. The van der Waals surface area contributed by atoms with Gasteiger partial charge < -0.3 is 10.5 Å². The monoisotopic (exact) mass is 331 g/mol. The molecule has 2 aromatic rings. The molecule has 0 saturated heterocycles. The second-order valence-electron chi connectivity index (χ2n) is 4.24. The number of nitrogens with two attached hydrogens (primary N) is 1. The van der Waals surface area contributed by atoms with Crippen LogP contribution in [0.25, 0.3) is 0 Å². The summed E-state index contributed by atoms with van der Waals surface area (Å²) in [5, 5.41) is 2.35. The van der Waals surface area contributed by atoms with Crippen molar-refractivity contribution in [1.82, 2.24) is 9.71 Å². The minimum atomic E-state index is -3.91. The quantitative estimate of drug-likeness (QED) is 0.816. The van der Waals surface area contributed by atoms with E-state index in [4.69, 9.17) is 10.5 Å². The molecule has 0 spiro atoms. The average molecular weight is 331 g/mol. The molecule has 114 valence electrons. The number of thiazole rings is 1. The Hall–Kier alpha value is -1.71. The minimum absolute atomic E-state index is 0.0835. The first-order chi connectivity index (χ1) is 9.85. The summed E-state index contributed by atoms with van der Waals surface area (Å²) < 4.78 is 45.4. The maximum atomic E-state index is 13.7. The molecule has 1 aromatic heterocycles. The van der Waals surface area contributed by atoms with Gasteiger partial charge in [0.15, 0.2) is 11.6 Å². The third-order valence-electron chi connectivity index (χ3n) is 2.71. The van der Waals surface area contributed by atoms with Gasteiger partial charge in [0.1, 0.15) is 5.01 Å². The SMILES string of the molecule is COc1c(N)cc(S(=O)(=O)NC(C)c2nccs2)cc1F. The predicted octanol–water partition coefficient (Wildman–Crippen LogP) is 1.91. The van der Waals surface area contributed by atoms with Gasteiger partial charge in [-0.3, -0.25) is 0 Å². The van der Waals surface area contributed by atoms with E-state index in [0.717, 1.165) is 12.1 Å². The molecule has 1 heterocycles. The number of hydrogen-bond donors (Lipinski definition) is 2. The molecule has 0 bridgehead atoms. The number of sulfonamides is 1. The normalized spacial score (nSPS) is 13.1. The first-order valence-corrected chi connectivity index (χ1v) is 8.26. The molecular formula is C12H14FN3O3S2. The van der Waals surface area contributed by atoms with Crippen molar-refractivity contribution in [2.75, 3.05) is 12.8 Å². The number of nitrogens with zero attached hydrogens (tertiary/aromatic N) is 1. The number of hydrogen-bond acceptors (Lipinski definition) is 6. The molecule has 21 heavy (non-hydrogen) atoms. The molecule has 2 rings (SSSR count). The molecular weight excluding hydrogens is 317 g/mol. The Morgan fingerprint density at radius 2 is 2.19 bits per heavy atom. The van der Waals surface area contributed by atoms with Crippen LogP contribution in [0.3, 0.4) is 0 Å². The van der Waals surface area contributed by atoms with Gasteiger partial charge in [0.05, 0.1) is 23.7 Å². The van der Waals surface area contributed by atoms with Crippen LogP contribution in [0, 0.1) is 5.82 Å². The van der Waals surface area contributed by atoms with E-state index in [9.17, 15) is 12.8 Å². The van der Waals surface area contributed by atoms with Crippen LogP contribution in [-0.4, -0.2) is 20.5 Å². The number of rotatable bonds is 5. The van der Waals surface area contributed by atoms with Crippen molar-refractivity contribution in [3.8, 4) is 5.75 Å². The molecule has 0 amide bonds. The number of nitrogen functional groups attached to an aromatic ring is 1. The Morgan fingerprint density at radius 3 is 2.71 bits per heavy atom. The molecule has 9 heteroatoms. The second-order valence-corrected chi connectivity index (χ2v) is 6.88. The van der Waals surface area contributed by atoms with Crippen LogP contribution in [-0.2, 0) is 10.0 Å². The van der Waals surface area contributed by atoms with E-state index < -0.39 is 21.9 Å². The Balaban J connectivity index is 2.32. The molecule has 0 fully saturated rings. The highest BCUT2D eigenvalue weighted by Crippen LogP contribution is 2.29. The third kappa shape index (κ3) is 3.31. The average Bonchev–Trinajstić information content (AvgIpc) is 2.91. The van der Waals surface area contributed by atoms with E-state index >= 15 is 0 Å². The number of anilines is 1. The maximum absolute atomic E-state index is 13.7. The molecule has 0 aliphatic heterocycles. The molecule has 0 aliphatic carbocycles. The second kappa shape index (κ2) is 5.96. The molecule has 1 aromatic carbocycles. The first kappa shape index (κ1) is 15.7. The Morgan fingerprint density at radius 1 is 1.48 bits per heavy atom. The summed E-state index contributed by atoms with van der Waals surface area (Å²) in [5.41, 5.74) is 5.50. The molecule has 1 atom stereocenters. The van der Waals surface area contributed by atoms with Gasteiger partial charge in [0, 0.05) is 11.6 Å². The zero-order chi connectivity index (χ0) is 15.6. The van der Waals surface area contributed by atoms with Gasteiger partial charge >= 0.3 is 0 Å². The van der Waals surface area contributed by atoms with E-state index in [1.54, 1.807) is 18.5 Å². The zero-order valence-electron chi connectivity index (χ0n) is 11.3. The topological polar surface area (TPSA) is 94.3 Å². The number of ether oxygens (including phenoxy) is 1. The standard InChI is InChI=1S/C12H14FN3O3S2/c1-7(12-15-3-4-20-12)16-21(17,18)8-5-9(13)11(19-2)10(14)6-8/h3-7,16H,14H2,1-2H3. The van der Waals surface area contributed by atoms with Crippen LogP contribution >= 0.6 is 11.3 Å². The summed E-state index contributed by atoms with van der Waals surface area (Å²) in [4.78, 5) is 3.77. The van der Waals surface area contributed by atoms with Crippen LogP contribution in [0.2, 0.25) is 0 Å². The van der Waals surface area contributed by atoms with Gasteiger partial charge in [-0.25, -0.2) is 22.5 Å². The Labute approximate surface area is 125 Å². The minimum Gasteiger partial charge on any atom is -0.492 e. The summed E-state index contributed by atoms with van der Waals surface area (Å²) in [6.07, 6.45) is 1.58. The van der Waals surface area contributed by atoms with Crippen molar-refractivity contribution >= 4 is 27.0 Å². The predicted molar refractivity (Wildman–Crippen MR) is 78.2 cm³/mol. The first-order valence-electron chi connectivity index (χ1n) is 5.90. The summed E-state index contributed by atoms with van der Waals surface area (Å²) in [7, 11) is -2.66. The van der Waals surface area contributed by atoms with E-state index in [1.807, 2.05) is 0 Å². The fourth-order valence-corrected chi connectivity index (χ4v) is 3.73. The summed E-state index contributed by atoms with van der Waals surface area (Å²) in [6.45, 7) is 1.65. The fraction of sp³-hybridized carbons (Fsp3) is 0.250. The Kier molecular flexibility index (Phi) is 4.45. The molecule has 1 unspecified atom stereocenters. The molecule has 0 radical (unpaired) electrons. The zero-order valence-corrected chi connectivity index (χ0v) is 13.0. The van der Waals surface area contributed by atoms with Crippen LogP contribution in [0.15, 0.2) is 28.6 Å². The highest BCUT2D eigenvalue weighted by Gasteiger charge is 2.22. The van der Waals surface area contributed by atoms with Gasteiger partial charge in [-0.1, -0.05) is 0 Å². The summed E-state index contributed by atoms with van der Waals surface area (Å²) in [5.74, 6) is -1.01. The van der Waals surface area contributed by atoms with Gasteiger partial charge in [-0.15, -0.1) is 11.3 Å². The molecule has 3 N–H and O–H groups in total. The fourth-order valence-electron chi connectivity index (χ4n) is 1.76. The lowest BCUT2D eigenvalue weighted by Crippen LogP contribution is -2.27. The van der Waals surface area contributed by atoms with Crippen molar-refractivity contribution in [3.63, 3.8) is 0 Å². The summed E-state index contributed by atoms with van der Waals surface area (Å²) >= 11 is 1.32. The van der Waals surface area contributed by atoms with Gasteiger partial charge in [-0.05, 0) is 19.1 Å². The van der Waals surface area contributed by atoms with Crippen LogP contribution in [0.5, 0.6) is 5.75 Å². The van der Waals surface area contributed by atoms with Crippen molar-refractivity contribution < 1.29 is 17.5 Å². The van der Waals surface area contributed by atoms with E-state index in [1.165, 1.54) is 18.4 Å². The third-order valence-corrected chi connectivity index (χ3v) is 5.19. The van der Waals surface area contributed by atoms with E-state index in [0.29, 0.717) is 5.01 Å². The van der Waals surface area contributed by atoms with Crippen molar-refractivity contribution in [2.45, 2.75) is 17.9 Å². The number of halogens is 1. The van der Waals surface area contributed by atoms with Crippen LogP contribution < -0.4 is 15.2 Å². The largest absolute Gasteiger partial charge is 0.492 e. The highest BCUT2D eigenvalue weighted by atomic mass is 32.2. The van der Waals surface area contributed by atoms with Gasteiger partial charge in [0.25, 0.3) is 0 Å². The van der Waals surface area contributed by atoms with Crippen LogP contribution in [0.4, 0.5) is 10.1 Å². The maximum Gasteiger partial charge on any atom is 0.241 e. The van der Waals surface area contributed by atoms with Gasteiger partial charge in [0.2, 0.25) is 10.0 Å². The lowest BCUT2D eigenvalue weighted by Gasteiger charge is -2.13. The summed E-state index contributed by atoms with van der Waals surface area (Å²) in [6, 6.07) is 1.49. The lowest BCUT2D eigenvalue weighted by molar-refractivity contribution is 0.388. The van der Waals surface area contributed by atoms with Crippen molar-refractivity contribution in [2.24, 2.45) is 0 Å². The van der Waals surface area contributed by atoms with E-state index in [2.05, 4.69) is 9.71 Å². The van der Waals surface area contributed by atoms with Crippen molar-refractivity contribution in [3.05, 3.63) is 34.5 Å². The lowest BCUT2D eigenvalue weighted by atomic mass is 10.3. The Bertz CT molecular complexity index is 709. The van der Waals surface area contributed by atoms with Crippen LogP contribution in [0.1, 0.15) is 18.0 Å². The highest BCUT2D eigenvalue weighted by molar-refractivity contribution is 7.89. The number of methoxy groups -OCH3 is 1. The number of aromatic nitrogens is 1. The molecule has 0 saturated carbocycles. The number of benzene rings is 1. The molecule has 6 nitrogen and oxygen atoms in total. The van der Waals surface area contributed by atoms with E-state index in [-0.39, 0.29) is 16.3 Å².